The van der Waals surface area contributed by atoms with Crippen LogP contribution in [0.25, 0.3) is 0 Å². The molecule has 1 N–H and O–H groups in total. The molecule has 0 saturated carbocycles. The number of rotatable bonds is 4. The van der Waals surface area contributed by atoms with E-state index in [9.17, 15) is 17.6 Å². The van der Waals surface area contributed by atoms with Gasteiger partial charge in [0, 0.05) is 31.6 Å². The monoisotopic (exact) mass is 420 g/mol. The number of benzene rings is 2. The summed E-state index contributed by atoms with van der Waals surface area (Å²) in [4.78, 5) is 2.01. The maximum atomic E-state index is 13.8. The van der Waals surface area contributed by atoms with E-state index in [1.165, 1.54) is 6.07 Å². The third kappa shape index (κ3) is 4.57. The minimum Gasteiger partial charge on any atom is -0.314 e. The molecule has 1 fully saturated rings. The van der Waals surface area contributed by atoms with Crippen LogP contribution in [0.4, 0.5) is 17.6 Å². The first-order valence-corrected chi connectivity index (χ1v) is 9.14. The van der Waals surface area contributed by atoms with Crippen molar-refractivity contribution in [3.8, 4) is 0 Å². The molecule has 2 aromatic rings. The third-order valence-corrected chi connectivity index (χ3v) is 5.63. The van der Waals surface area contributed by atoms with Crippen molar-refractivity contribution in [3.63, 3.8) is 0 Å². The van der Waals surface area contributed by atoms with Gasteiger partial charge >= 0.3 is 6.18 Å². The molecule has 1 saturated heterocycles. The Morgan fingerprint density at radius 1 is 1.07 bits per heavy atom. The van der Waals surface area contributed by atoms with Gasteiger partial charge in [0.1, 0.15) is 5.82 Å². The molecule has 2 atom stereocenters. The fourth-order valence-electron chi connectivity index (χ4n) is 3.50. The first kappa shape index (κ1) is 20.4. The van der Waals surface area contributed by atoms with Gasteiger partial charge in [0.05, 0.1) is 15.6 Å². The molecular weight excluding hydrogens is 403 g/mol. The van der Waals surface area contributed by atoms with Gasteiger partial charge < -0.3 is 5.32 Å². The second-order valence-electron chi connectivity index (χ2n) is 6.73. The van der Waals surface area contributed by atoms with Crippen LogP contribution in [0.2, 0.25) is 10.0 Å². The Hall–Kier alpha value is -1.34. The van der Waals surface area contributed by atoms with Crippen molar-refractivity contribution in [2.45, 2.75) is 24.7 Å². The quantitative estimate of drug-likeness (QED) is 0.671. The first-order chi connectivity index (χ1) is 12.7. The van der Waals surface area contributed by atoms with Crippen molar-refractivity contribution >= 4 is 23.2 Å². The minimum absolute atomic E-state index is 0.0904. The lowest BCUT2D eigenvalue weighted by Gasteiger charge is -2.29. The van der Waals surface area contributed by atoms with Gasteiger partial charge in [-0.15, -0.1) is 0 Å². The number of nitrogens with zero attached hydrogens (tertiary/aromatic N) is 1. The maximum absolute atomic E-state index is 13.8. The highest BCUT2D eigenvalue weighted by molar-refractivity contribution is 6.42. The highest BCUT2D eigenvalue weighted by Gasteiger charge is 2.35. The molecule has 27 heavy (non-hydrogen) atoms. The van der Waals surface area contributed by atoms with Crippen LogP contribution >= 0.6 is 23.2 Å². The summed E-state index contributed by atoms with van der Waals surface area (Å²) in [7, 11) is 1.87. The number of halogens is 6. The highest BCUT2D eigenvalue weighted by atomic mass is 35.5. The molecule has 0 spiro atoms. The van der Waals surface area contributed by atoms with Crippen LogP contribution in [-0.4, -0.2) is 31.1 Å². The number of nitrogens with one attached hydrogen (secondary N) is 1. The molecule has 2 nitrogen and oxygen atoms in total. The van der Waals surface area contributed by atoms with Gasteiger partial charge in [-0.3, -0.25) is 4.90 Å². The van der Waals surface area contributed by atoms with Crippen LogP contribution < -0.4 is 5.32 Å². The summed E-state index contributed by atoms with van der Waals surface area (Å²) >= 11 is 12.1. The molecule has 1 heterocycles. The summed E-state index contributed by atoms with van der Waals surface area (Å²) < 4.78 is 51.9. The zero-order valence-electron chi connectivity index (χ0n) is 14.5. The van der Waals surface area contributed by atoms with E-state index < -0.39 is 17.6 Å². The smallest absolute Gasteiger partial charge is 0.314 e. The van der Waals surface area contributed by atoms with Crippen molar-refractivity contribution in [1.29, 1.82) is 0 Å². The Morgan fingerprint density at radius 3 is 2.44 bits per heavy atom. The summed E-state index contributed by atoms with van der Waals surface area (Å²) in [5.41, 5.74) is 0.276. The Labute approximate surface area is 165 Å². The lowest BCUT2D eigenvalue weighted by Crippen LogP contribution is -2.36. The second kappa shape index (κ2) is 7.95. The van der Waals surface area contributed by atoms with Crippen LogP contribution in [0.15, 0.2) is 36.4 Å². The van der Waals surface area contributed by atoms with Crippen molar-refractivity contribution in [1.82, 2.24) is 10.2 Å². The number of alkyl halides is 3. The molecule has 0 aromatic heterocycles. The lowest BCUT2D eigenvalue weighted by atomic mass is 9.93. The summed E-state index contributed by atoms with van der Waals surface area (Å²) in [5, 5.41) is 4.28. The van der Waals surface area contributed by atoms with E-state index in [1.54, 1.807) is 6.07 Å². The van der Waals surface area contributed by atoms with E-state index in [1.807, 2.05) is 24.1 Å². The Bertz CT molecular complexity index is 826. The zero-order valence-corrected chi connectivity index (χ0v) is 16.0. The lowest BCUT2D eigenvalue weighted by molar-refractivity contribution is -0.140. The average Bonchev–Trinajstić information content (AvgIpc) is 3.06. The van der Waals surface area contributed by atoms with Gasteiger partial charge in [-0.1, -0.05) is 35.3 Å². The van der Waals surface area contributed by atoms with E-state index in [0.29, 0.717) is 28.7 Å². The maximum Gasteiger partial charge on any atom is 0.419 e. The molecule has 0 amide bonds. The fraction of sp³-hybridized carbons (Fsp3) is 0.368. The Kier molecular flexibility index (Phi) is 6.01. The molecule has 2 aromatic carbocycles. The average molecular weight is 421 g/mol. The first-order valence-electron chi connectivity index (χ1n) is 8.38. The molecule has 0 radical (unpaired) electrons. The predicted molar refractivity (Wildman–Crippen MR) is 98.7 cm³/mol. The largest absolute Gasteiger partial charge is 0.419 e. The molecule has 1 aliphatic rings. The number of likely N-dealkylation sites (N-methyl/N-ethyl adjacent to an activating group) is 1. The third-order valence-electron chi connectivity index (χ3n) is 4.89. The van der Waals surface area contributed by atoms with Crippen LogP contribution in [0, 0.1) is 5.82 Å². The van der Waals surface area contributed by atoms with Crippen molar-refractivity contribution in [3.05, 3.63) is 69.0 Å². The summed E-state index contributed by atoms with van der Waals surface area (Å²) in [6.07, 6.45) is -4.69. The fourth-order valence-corrected chi connectivity index (χ4v) is 3.81. The number of hydrogen-bond acceptors (Lipinski definition) is 2. The van der Waals surface area contributed by atoms with E-state index in [-0.39, 0.29) is 12.0 Å². The van der Waals surface area contributed by atoms with Gasteiger partial charge in [0.25, 0.3) is 0 Å². The Balaban J connectivity index is 1.76. The standard InChI is InChI=1S/C19H18Cl2F4N2/c1-27(10-11-2-4-14(17(22)6-11)19(23,24)25)18-9-26-8-13(18)12-3-5-15(20)16(21)7-12/h2-7,13,18,26H,8-10H2,1H3/t13-,18?/m1/s1. The molecule has 1 aliphatic heterocycles. The van der Waals surface area contributed by atoms with Crippen molar-refractivity contribution in [2.24, 2.45) is 0 Å². The van der Waals surface area contributed by atoms with Crippen LogP contribution in [0.5, 0.6) is 0 Å². The van der Waals surface area contributed by atoms with Gasteiger partial charge in [0.2, 0.25) is 0 Å². The molecular formula is C19H18Cl2F4N2. The molecule has 3 rings (SSSR count). The summed E-state index contributed by atoms with van der Waals surface area (Å²) in [6.45, 7) is 1.79. The van der Waals surface area contributed by atoms with Gasteiger partial charge in [-0.25, -0.2) is 4.39 Å². The SMILES string of the molecule is CN(Cc1ccc(C(F)(F)F)c(F)c1)C1CNC[C@@H]1c1ccc(Cl)c(Cl)c1. The van der Waals surface area contributed by atoms with Gasteiger partial charge in [0.15, 0.2) is 0 Å². The molecule has 146 valence electrons. The number of hydrogen-bond donors (Lipinski definition) is 1. The van der Waals surface area contributed by atoms with Crippen LogP contribution in [0.3, 0.4) is 0 Å². The topological polar surface area (TPSA) is 15.3 Å². The van der Waals surface area contributed by atoms with E-state index in [2.05, 4.69) is 5.32 Å². The molecule has 1 unspecified atom stereocenters. The van der Waals surface area contributed by atoms with Crippen molar-refractivity contribution in [2.75, 3.05) is 20.1 Å². The van der Waals surface area contributed by atoms with E-state index >= 15 is 0 Å². The van der Waals surface area contributed by atoms with Gasteiger partial charge in [-0.2, -0.15) is 13.2 Å². The molecule has 0 aliphatic carbocycles. The molecule has 8 heteroatoms. The zero-order chi connectivity index (χ0) is 19.8. The normalized spacial score (nSPS) is 20.4. The van der Waals surface area contributed by atoms with E-state index in [4.69, 9.17) is 23.2 Å². The molecule has 0 bridgehead atoms. The predicted octanol–water partition coefficient (Wildman–Crippen LogP) is 5.34. The Morgan fingerprint density at radius 2 is 1.81 bits per heavy atom. The minimum atomic E-state index is -4.69. The van der Waals surface area contributed by atoms with Crippen LogP contribution in [0.1, 0.15) is 22.6 Å². The van der Waals surface area contributed by atoms with Crippen LogP contribution in [-0.2, 0) is 12.7 Å². The van der Waals surface area contributed by atoms with Gasteiger partial charge in [-0.05, 0) is 42.4 Å². The second-order valence-corrected chi connectivity index (χ2v) is 7.55. The summed E-state index contributed by atoms with van der Waals surface area (Å²) in [6, 6.07) is 8.66. The van der Waals surface area contributed by atoms with E-state index in [0.717, 1.165) is 24.2 Å². The van der Waals surface area contributed by atoms with Crippen molar-refractivity contribution < 1.29 is 17.6 Å². The summed E-state index contributed by atoms with van der Waals surface area (Å²) in [5.74, 6) is -1.11. The highest BCUT2D eigenvalue weighted by Crippen LogP contribution is 2.33.